The maximum atomic E-state index is 11.9. The molecular formula is C21H31N5O3S. The predicted octanol–water partition coefficient (Wildman–Crippen LogP) is 3.27. The summed E-state index contributed by atoms with van der Waals surface area (Å²) in [5.74, 6) is 2.13. The summed E-state index contributed by atoms with van der Waals surface area (Å²) < 4.78 is 7.30. The Morgan fingerprint density at radius 2 is 2.00 bits per heavy atom. The van der Waals surface area contributed by atoms with Crippen molar-refractivity contribution in [2.24, 2.45) is 5.92 Å². The van der Waals surface area contributed by atoms with Gasteiger partial charge in [0.2, 0.25) is 5.65 Å². The number of benzene rings is 1. The van der Waals surface area contributed by atoms with Crippen molar-refractivity contribution in [1.82, 2.24) is 19.6 Å². The molecule has 8 nitrogen and oxygen atoms in total. The number of ketones is 1. The molecule has 164 valence electrons. The van der Waals surface area contributed by atoms with Gasteiger partial charge in [0.15, 0.2) is 11.6 Å². The molecule has 3 aromatic rings. The van der Waals surface area contributed by atoms with Gasteiger partial charge in [-0.15, -0.1) is 10.2 Å². The van der Waals surface area contributed by atoms with Gasteiger partial charge in [-0.1, -0.05) is 20.3 Å². The summed E-state index contributed by atoms with van der Waals surface area (Å²) >= 11 is 0. The van der Waals surface area contributed by atoms with Crippen LogP contribution in [0.5, 0.6) is 5.75 Å². The molecular weight excluding hydrogens is 402 g/mol. The number of aliphatic hydroxyl groups excluding tert-OH is 1. The van der Waals surface area contributed by atoms with Crippen LogP contribution in [-0.4, -0.2) is 50.2 Å². The first-order valence-electron chi connectivity index (χ1n) is 10.1. The van der Waals surface area contributed by atoms with Gasteiger partial charge in [-0.2, -0.15) is 13.5 Å². The average molecular weight is 434 g/mol. The van der Waals surface area contributed by atoms with E-state index in [1.807, 2.05) is 43.4 Å². The molecule has 0 amide bonds. The first-order chi connectivity index (χ1) is 13.9. The molecule has 0 radical (unpaired) electrons. The number of carbonyl (C=O) groups excluding carboxylic acids is 1. The number of ether oxygens (including phenoxy) is 1. The van der Waals surface area contributed by atoms with Gasteiger partial charge in [0.1, 0.15) is 17.7 Å². The molecule has 1 atom stereocenters. The van der Waals surface area contributed by atoms with E-state index in [0.29, 0.717) is 17.9 Å². The number of hydrogen-bond donors (Lipinski definition) is 2. The lowest BCUT2D eigenvalue weighted by Gasteiger charge is -2.13. The summed E-state index contributed by atoms with van der Waals surface area (Å²) in [7, 11) is 1.64. The van der Waals surface area contributed by atoms with Gasteiger partial charge in [-0.3, -0.25) is 9.20 Å². The molecule has 0 aliphatic rings. The van der Waals surface area contributed by atoms with Crippen LogP contribution in [0.1, 0.15) is 45.4 Å². The Hall–Kier alpha value is -2.39. The van der Waals surface area contributed by atoms with Gasteiger partial charge >= 0.3 is 0 Å². The first-order valence-corrected chi connectivity index (χ1v) is 10.1. The zero-order valence-corrected chi connectivity index (χ0v) is 19.0. The van der Waals surface area contributed by atoms with Crippen LogP contribution in [0.25, 0.3) is 16.7 Å². The molecule has 2 N–H and O–H groups in total. The lowest BCUT2D eigenvalue weighted by atomic mass is 9.99. The van der Waals surface area contributed by atoms with Gasteiger partial charge in [-0.05, 0) is 37.8 Å². The maximum Gasteiger partial charge on any atom is 0.204 e. The van der Waals surface area contributed by atoms with Crippen LogP contribution in [0.3, 0.4) is 0 Å². The van der Waals surface area contributed by atoms with Crippen LogP contribution < -0.4 is 10.1 Å². The molecule has 0 spiro atoms. The van der Waals surface area contributed by atoms with E-state index < -0.39 is 6.10 Å². The lowest BCUT2D eigenvalue weighted by molar-refractivity contribution is -0.129. The van der Waals surface area contributed by atoms with Gasteiger partial charge in [0.25, 0.3) is 0 Å². The number of rotatable bonds is 10. The van der Waals surface area contributed by atoms with Crippen LogP contribution in [0.15, 0.2) is 18.2 Å². The summed E-state index contributed by atoms with van der Waals surface area (Å²) in [6.07, 6.45) is 2.14. The molecule has 9 heteroatoms. The minimum absolute atomic E-state index is 0. The molecule has 2 aromatic heterocycles. The fraction of sp³-hybridized carbons (Fsp3) is 0.524. The normalized spacial score (nSPS) is 12.2. The number of unbranched alkanes of at least 4 members (excludes halogenated alkanes) is 2. The number of nitrogens with one attached hydrogen (secondary N) is 1. The number of fused-ring (bicyclic) bond motifs is 3. The molecule has 0 fully saturated rings. The molecule has 0 aliphatic carbocycles. The van der Waals surface area contributed by atoms with Crippen LogP contribution in [0, 0.1) is 12.8 Å². The zero-order chi connectivity index (χ0) is 21.0. The van der Waals surface area contributed by atoms with Gasteiger partial charge < -0.3 is 15.2 Å². The van der Waals surface area contributed by atoms with Gasteiger partial charge in [0, 0.05) is 19.0 Å². The molecule has 0 bridgehead atoms. The van der Waals surface area contributed by atoms with Crippen LogP contribution in [0.4, 0.5) is 5.82 Å². The predicted molar refractivity (Wildman–Crippen MR) is 123 cm³/mol. The van der Waals surface area contributed by atoms with E-state index in [9.17, 15) is 9.90 Å². The van der Waals surface area contributed by atoms with E-state index in [1.54, 1.807) is 7.11 Å². The second kappa shape index (κ2) is 10.6. The minimum atomic E-state index is -0.849. The second-order valence-electron chi connectivity index (χ2n) is 7.61. The van der Waals surface area contributed by atoms with Crippen LogP contribution in [0.2, 0.25) is 0 Å². The molecule has 0 aliphatic heterocycles. The van der Waals surface area contributed by atoms with Gasteiger partial charge in [-0.25, -0.2) is 4.98 Å². The third-order valence-electron chi connectivity index (χ3n) is 5.05. The van der Waals surface area contributed by atoms with Crippen molar-refractivity contribution in [3.63, 3.8) is 0 Å². The highest BCUT2D eigenvalue weighted by Gasteiger charge is 2.18. The van der Waals surface area contributed by atoms with Crippen molar-refractivity contribution in [2.45, 2.75) is 52.6 Å². The molecule has 1 aromatic carbocycles. The number of methoxy groups -OCH3 is 1. The van der Waals surface area contributed by atoms with E-state index in [4.69, 9.17) is 9.72 Å². The third kappa shape index (κ3) is 5.20. The summed E-state index contributed by atoms with van der Waals surface area (Å²) in [6, 6.07) is 5.73. The Kier molecular flexibility index (Phi) is 8.43. The van der Waals surface area contributed by atoms with E-state index in [1.165, 1.54) is 0 Å². The fourth-order valence-electron chi connectivity index (χ4n) is 3.32. The molecule has 0 saturated carbocycles. The van der Waals surface area contributed by atoms with Crippen molar-refractivity contribution in [1.29, 1.82) is 0 Å². The second-order valence-corrected chi connectivity index (χ2v) is 7.61. The SMILES string of the molecule is COc1ccc2nc(NCCCCCC(=O)[C@@H](O)C(C)C)c3nnc(C)n3c2c1.S. The molecule has 2 heterocycles. The third-order valence-corrected chi connectivity index (χ3v) is 5.05. The van der Waals surface area contributed by atoms with Crippen LogP contribution >= 0.6 is 13.5 Å². The van der Waals surface area contributed by atoms with Crippen LogP contribution in [-0.2, 0) is 4.79 Å². The highest BCUT2D eigenvalue weighted by molar-refractivity contribution is 7.59. The smallest absolute Gasteiger partial charge is 0.204 e. The lowest BCUT2D eigenvalue weighted by Crippen LogP contribution is -2.25. The highest BCUT2D eigenvalue weighted by atomic mass is 32.1. The van der Waals surface area contributed by atoms with Crippen molar-refractivity contribution >= 4 is 41.8 Å². The Morgan fingerprint density at radius 3 is 2.70 bits per heavy atom. The monoisotopic (exact) mass is 433 g/mol. The molecule has 30 heavy (non-hydrogen) atoms. The van der Waals surface area contributed by atoms with Crippen molar-refractivity contribution < 1.29 is 14.6 Å². The number of aryl methyl sites for hydroxylation is 1. The number of carbonyl (C=O) groups is 1. The largest absolute Gasteiger partial charge is 0.497 e. The van der Waals surface area contributed by atoms with Crippen molar-refractivity contribution in [3.05, 3.63) is 24.0 Å². The number of hydrogen-bond acceptors (Lipinski definition) is 7. The quantitative estimate of drug-likeness (QED) is 0.473. The highest BCUT2D eigenvalue weighted by Crippen LogP contribution is 2.25. The summed E-state index contributed by atoms with van der Waals surface area (Å²) in [5.41, 5.74) is 2.41. The molecule has 3 rings (SSSR count). The number of aromatic nitrogens is 4. The number of aliphatic hydroxyl groups is 1. The maximum absolute atomic E-state index is 11.9. The van der Waals surface area contributed by atoms with E-state index in [-0.39, 0.29) is 25.2 Å². The average Bonchev–Trinajstić information content (AvgIpc) is 3.11. The minimum Gasteiger partial charge on any atom is -0.497 e. The summed E-state index contributed by atoms with van der Waals surface area (Å²) in [6.45, 7) is 6.33. The zero-order valence-electron chi connectivity index (χ0n) is 18.0. The number of Topliss-reactive ketones (excluding diaryl/α,β-unsaturated/α-hetero) is 1. The molecule has 0 saturated heterocycles. The Balaban J connectivity index is 0.00000320. The topological polar surface area (TPSA) is 102 Å². The summed E-state index contributed by atoms with van der Waals surface area (Å²) in [4.78, 5) is 16.6. The van der Waals surface area contributed by atoms with Crippen molar-refractivity contribution in [3.8, 4) is 5.75 Å². The van der Waals surface area contributed by atoms with E-state index in [2.05, 4.69) is 15.5 Å². The number of nitrogens with zero attached hydrogens (tertiary/aromatic N) is 4. The Bertz CT molecular complexity index is 1010. The van der Waals surface area contributed by atoms with Crippen molar-refractivity contribution in [2.75, 3.05) is 19.0 Å². The Morgan fingerprint density at radius 1 is 1.23 bits per heavy atom. The van der Waals surface area contributed by atoms with Gasteiger partial charge in [0.05, 0.1) is 18.1 Å². The summed E-state index contributed by atoms with van der Waals surface area (Å²) in [5, 5.41) is 21.6. The Labute approximate surface area is 183 Å². The molecule has 0 unspecified atom stereocenters. The van der Waals surface area contributed by atoms with E-state index >= 15 is 0 Å². The number of anilines is 1. The van der Waals surface area contributed by atoms with E-state index in [0.717, 1.165) is 48.4 Å². The standard InChI is InChI=1S/C21H29N5O3.H2S/c1-13(2)19(28)18(27)8-6-5-7-11-22-20-21-25-24-14(3)26(21)17-12-15(29-4)9-10-16(17)23-20;/h9-10,12-13,19,28H,5-8,11H2,1-4H3,(H,22,23);1H2/t19-;/m0./s1. The first kappa shape index (κ1) is 23.9. The fourth-order valence-corrected chi connectivity index (χ4v) is 3.32.